The second kappa shape index (κ2) is 7.50. The lowest BCUT2D eigenvalue weighted by molar-refractivity contribution is 0.0909. The van der Waals surface area contributed by atoms with E-state index in [4.69, 9.17) is 10.2 Å². The molecule has 1 atom stereocenters. The van der Waals surface area contributed by atoms with Crippen LogP contribution in [0.15, 0.2) is 10.8 Å². The van der Waals surface area contributed by atoms with Gasteiger partial charge in [-0.1, -0.05) is 19.3 Å². The Hall–Kier alpha value is -1.07. The maximum Gasteiger partial charge on any atom is 0.273 e. The van der Waals surface area contributed by atoms with Crippen molar-refractivity contribution in [2.75, 3.05) is 6.54 Å². The summed E-state index contributed by atoms with van der Waals surface area (Å²) in [6.45, 7) is 2.22. The summed E-state index contributed by atoms with van der Waals surface area (Å²) in [7, 11) is 0. The van der Waals surface area contributed by atoms with Crippen molar-refractivity contribution in [2.45, 2.75) is 45.1 Å². The van der Waals surface area contributed by atoms with Crippen molar-refractivity contribution in [1.82, 2.24) is 10.3 Å². The quantitative estimate of drug-likeness (QED) is 0.888. The summed E-state index contributed by atoms with van der Waals surface area (Å²) in [5.74, 6) is 0.870. The number of hydrogen-bond donors (Lipinski definition) is 2. The molecular weight excluding hydrogens is 266 g/mol. The van der Waals surface area contributed by atoms with E-state index in [-0.39, 0.29) is 24.4 Å². The zero-order valence-corrected chi connectivity index (χ0v) is 12.0. The Morgan fingerprint density at radius 3 is 2.74 bits per heavy atom. The van der Waals surface area contributed by atoms with Gasteiger partial charge in [-0.2, -0.15) is 0 Å². The lowest BCUT2D eigenvalue weighted by atomic mass is 9.84. The fraction of sp³-hybridized carbons (Fsp3) is 0.692. The molecule has 0 aromatic carbocycles. The summed E-state index contributed by atoms with van der Waals surface area (Å²) in [6, 6.07) is 0.0499. The summed E-state index contributed by atoms with van der Waals surface area (Å²) in [4.78, 5) is 16.0. The zero-order valence-electron chi connectivity index (χ0n) is 11.2. The third kappa shape index (κ3) is 3.94. The van der Waals surface area contributed by atoms with Crippen LogP contribution in [-0.2, 0) is 0 Å². The van der Waals surface area contributed by atoms with Gasteiger partial charge in [0.05, 0.1) is 0 Å². The maximum atomic E-state index is 12.0. The number of amides is 1. The standard InChI is InChI=1S/C13H21N3O2.ClH/c1-9-12(15-8-18-9)13(17)16-11(7-14)10-5-3-2-4-6-10;/h8,10-11H,2-7,14H2,1H3,(H,16,17);1H. The number of nitrogens with two attached hydrogens (primary N) is 1. The fourth-order valence-electron chi connectivity index (χ4n) is 2.67. The van der Waals surface area contributed by atoms with Gasteiger partial charge in [-0.3, -0.25) is 4.79 Å². The van der Waals surface area contributed by atoms with Gasteiger partial charge in [0, 0.05) is 12.6 Å². The monoisotopic (exact) mass is 287 g/mol. The van der Waals surface area contributed by atoms with Gasteiger partial charge in [-0.05, 0) is 25.7 Å². The Morgan fingerprint density at radius 1 is 1.53 bits per heavy atom. The Morgan fingerprint density at radius 2 is 2.21 bits per heavy atom. The summed E-state index contributed by atoms with van der Waals surface area (Å²) in [5.41, 5.74) is 6.15. The number of rotatable bonds is 4. The molecule has 1 saturated carbocycles. The molecule has 19 heavy (non-hydrogen) atoms. The lowest BCUT2D eigenvalue weighted by Gasteiger charge is -2.29. The molecule has 1 aliphatic rings. The minimum atomic E-state index is -0.178. The van der Waals surface area contributed by atoms with E-state index in [1.807, 2.05) is 0 Å². The first kappa shape index (κ1) is 16.0. The Bertz CT molecular complexity index is 402. The number of nitrogens with zero attached hydrogens (tertiary/aromatic N) is 1. The fourth-order valence-corrected chi connectivity index (χ4v) is 2.67. The molecule has 0 bridgehead atoms. The van der Waals surface area contributed by atoms with Crippen LogP contribution in [0.4, 0.5) is 0 Å². The molecule has 108 valence electrons. The van der Waals surface area contributed by atoms with Crippen molar-refractivity contribution in [3.8, 4) is 0 Å². The molecule has 1 fully saturated rings. The third-order valence-corrected chi connectivity index (χ3v) is 3.75. The highest BCUT2D eigenvalue weighted by Crippen LogP contribution is 2.26. The van der Waals surface area contributed by atoms with Crippen molar-refractivity contribution in [1.29, 1.82) is 0 Å². The van der Waals surface area contributed by atoms with Crippen molar-refractivity contribution >= 4 is 18.3 Å². The molecule has 2 rings (SSSR count). The molecule has 0 aliphatic heterocycles. The number of halogens is 1. The first-order valence-electron chi connectivity index (χ1n) is 6.63. The highest BCUT2D eigenvalue weighted by molar-refractivity contribution is 5.93. The summed E-state index contributed by atoms with van der Waals surface area (Å²) in [6.07, 6.45) is 7.37. The van der Waals surface area contributed by atoms with E-state index in [9.17, 15) is 4.79 Å². The highest BCUT2D eigenvalue weighted by atomic mass is 35.5. The van der Waals surface area contributed by atoms with E-state index < -0.39 is 0 Å². The second-order valence-electron chi connectivity index (χ2n) is 4.97. The zero-order chi connectivity index (χ0) is 13.0. The molecule has 0 radical (unpaired) electrons. The number of carbonyl (C=O) groups is 1. The van der Waals surface area contributed by atoms with Crippen LogP contribution in [0.25, 0.3) is 0 Å². The van der Waals surface area contributed by atoms with Crippen LogP contribution in [0, 0.1) is 12.8 Å². The average molecular weight is 288 g/mol. The van der Waals surface area contributed by atoms with Gasteiger partial charge in [-0.25, -0.2) is 4.98 Å². The predicted octanol–water partition coefficient (Wildman–Crippen LogP) is 2.04. The smallest absolute Gasteiger partial charge is 0.273 e. The van der Waals surface area contributed by atoms with Gasteiger partial charge < -0.3 is 15.5 Å². The third-order valence-electron chi connectivity index (χ3n) is 3.75. The van der Waals surface area contributed by atoms with Crippen LogP contribution < -0.4 is 11.1 Å². The number of hydrogen-bond acceptors (Lipinski definition) is 4. The van der Waals surface area contributed by atoms with Crippen LogP contribution in [0.1, 0.15) is 48.4 Å². The molecule has 0 spiro atoms. The van der Waals surface area contributed by atoms with Crippen LogP contribution in [0.5, 0.6) is 0 Å². The minimum Gasteiger partial charge on any atom is -0.448 e. The van der Waals surface area contributed by atoms with E-state index in [0.29, 0.717) is 23.9 Å². The maximum absolute atomic E-state index is 12.0. The number of nitrogens with one attached hydrogen (secondary N) is 1. The van der Waals surface area contributed by atoms with Gasteiger partial charge in [0.25, 0.3) is 5.91 Å². The molecule has 1 heterocycles. The lowest BCUT2D eigenvalue weighted by Crippen LogP contribution is -2.46. The molecule has 0 saturated heterocycles. The SMILES string of the molecule is Cc1ocnc1C(=O)NC(CN)C1CCCCC1.Cl. The number of oxazole rings is 1. The first-order chi connectivity index (χ1) is 8.72. The van der Waals surface area contributed by atoms with Crippen molar-refractivity contribution in [3.63, 3.8) is 0 Å². The van der Waals surface area contributed by atoms with E-state index >= 15 is 0 Å². The Balaban J connectivity index is 0.00000180. The molecule has 1 unspecified atom stereocenters. The number of carbonyl (C=O) groups excluding carboxylic acids is 1. The van der Waals surface area contributed by atoms with Gasteiger partial charge in [0.2, 0.25) is 0 Å². The van der Waals surface area contributed by atoms with Crippen molar-refractivity contribution in [2.24, 2.45) is 11.7 Å². The van der Waals surface area contributed by atoms with E-state index in [1.165, 1.54) is 25.7 Å². The molecule has 1 amide bonds. The summed E-state index contributed by atoms with van der Waals surface area (Å²) >= 11 is 0. The van der Waals surface area contributed by atoms with E-state index in [1.54, 1.807) is 6.92 Å². The normalized spacial score (nSPS) is 17.6. The minimum absolute atomic E-state index is 0. The van der Waals surface area contributed by atoms with Gasteiger partial charge in [0.1, 0.15) is 5.76 Å². The van der Waals surface area contributed by atoms with Crippen LogP contribution in [0.2, 0.25) is 0 Å². The predicted molar refractivity (Wildman–Crippen MR) is 75.4 cm³/mol. The second-order valence-corrected chi connectivity index (χ2v) is 4.97. The van der Waals surface area contributed by atoms with E-state index in [0.717, 1.165) is 12.8 Å². The van der Waals surface area contributed by atoms with Crippen LogP contribution >= 0.6 is 12.4 Å². The summed E-state index contributed by atoms with van der Waals surface area (Å²) < 4.78 is 5.04. The topological polar surface area (TPSA) is 81.2 Å². The molecule has 1 aromatic rings. The van der Waals surface area contributed by atoms with Gasteiger partial charge in [-0.15, -0.1) is 12.4 Å². The molecular formula is C13H22ClN3O2. The molecule has 1 aliphatic carbocycles. The van der Waals surface area contributed by atoms with Crippen LogP contribution in [-0.4, -0.2) is 23.5 Å². The largest absolute Gasteiger partial charge is 0.448 e. The first-order valence-corrected chi connectivity index (χ1v) is 6.63. The van der Waals surface area contributed by atoms with E-state index in [2.05, 4.69) is 10.3 Å². The van der Waals surface area contributed by atoms with Crippen LogP contribution in [0.3, 0.4) is 0 Å². The van der Waals surface area contributed by atoms with Crippen molar-refractivity contribution in [3.05, 3.63) is 17.8 Å². The van der Waals surface area contributed by atoms with Crippen molar-refractivity contribution < 1.29 is 9.21 Å². The number of aromatic nitrogens is 1. The van der Waals surface area contributed by atoms with Gasteiger partial charge in [0.15, 0.2) is 12.1 Å². The highest BCUT2D eigenvalue weighted by Gasteiger charge is 2.25. The van der Waals surface area contributed by atoms with Gasteiger partial charge >= 0.3 is 0 Å². The molecule has 3 N–H and O–H groups in total. The molecule has 5 nitrogen and oxygen atoms in total. The average Bonchev–Trinajstić information content (AvgIpc) is 2.83. The number of aryl methyl sites for hydroxylation is 1. The summed E-state index contributed by atoms with van der Waals surface area (Å²) in [5, 5.41) is 2.99. The molecule has 6 heteroatoms. The Kier molecular flexibility index (Phi) is 6.31. The Labute approximate surface area is 119 Å². The molecule has 1 aromatic heterocycles.